The van der Waals surface area contributed by atoms with E-state index in [2.05, 4.69) is 4.74 Å². The molecule has 0 heterocycles. The maximum atomic E-state index is 11.2. The number of nitro benzene ring substituents is 1. The quantitative estimate of drug-likeness (QED) is 0.458. The van der Waals surface area contributed by atoms with Crippen LogP contribution >= 0.6 is 0 Å². The molecule has 1 rings (SSSR count). The maximum absolute atomic E-state index is 11.2. The lowest BCUT2D eigenvalue weighted by Crippen LogP contribution is -2.07. The van der Waals surface area contributed by atoms with Crippen LogP contribution in [0.2, 0.25) is 0 Å². The van der Waals surface area contributed by atoms with Gasteiger partial charge in [-0.1, -0.05) is 13.0 Å². The molecule has 0 aliphatic rings. The first-order valence-electron chi connectivity index (χ1n) is 5.27. The van der Waals surface area contributed by atoms with Crippen molar-refractivity contribution in [2.45, 2.75) is 26.2 Å². The summed E-state index contributed by atoms with van der Waals surface area (Å²) >= 11 is 0. The van der Waals surface area contributed by atoms with Gasteiger partial charge in [0.25, 0.3) is 5.69 Å². The van der Waals surface area contributed by atoms with Gasteiger partial charge in [0.05, 0.1) is 18.5 Å². The standard InChI is InChI=1S/C12H15NO4/c1-8-6-10(13(15)16)4-5-11(8)9(2)7-12(14)17-3/h4-6,9H,7H2,1-3H3. The van der Waals surface area contributed by atoms with Gasteiger partial charge in [-0.2, -0.15) is 0 Å². The van der Waals surface area contributed by atoms with E-state index in [0.717, 1.165) is 11.1 Å². The Hall–Kier alpha value is -1.91. The van der Waals surface area contributed by atoms with Crippen molar-refractivity contribution >= 4 is 11.7 Å². The zero-order chi connectivity index (χ0) is 13.0. The van der Waals surface area contributed by atoms with Crippen molar-refractivity contribution in [1.29, 1.82) is 0 Å². The Morgan fingerprint density at radius 2 is 2.18 bits per heavy atom. The molecule has 92 valence electrons. The predicted molar refractivity (Wildman–Crippen MR) is 62.9 cm³/mol. The molecule has 5 heteroatoms. The number of esters is 1. The second kappa shape index (κ2) is 5.43. The molecule has 0 saturated carbocycles. The number of nitro groups is 1. The van der Waals surface area contributed by atoms with Gasteiger partial charge in [0.1, 0.15) is 0 Å². The molecule has 1 aromatic carbocycles. The van der Waals surface area contributed by atoms with Crippen molar-refractivity contribution in [2.24, 2.45) is 0 Å². The summed E-state index contributed by atoms with van der Waals surface area (Å²) in [6, 6.07) is 4.67. The van der Waals surface area contributed by atoms with E-state index in [1.807, 2.05) is 6.92 Å². The van der Waals surface area contributed by atoms with E-state index in [9.17, 15) is 14.9 Å². The fourth-order valence-corrected chi connectivity index (χ4v) is 1.77. The Morgan fingerprint density at radius 3 is 2.65 bits per heavy atom. The zero-order valence-electron chi connectivity index (χ0n) is 10.1. The van der Waals surface area contributed by atoms with Crippen LogP contribution < -0.4 is 0 Å². The number of hydrogen-bond acceptors (Lipinski definition) is 4. The highest BCUT2D eigenvalue weighted by Gasteiger charge is 2.15. The van der Waals surface area contributed by atoms with E-state index in [-0.39, 0.29) is 24.0 Å². The van der Waals surface area contributed by atoms with Crippen molar-refractivity contribution in [3.63, 3.8) is 0 Å². The number of nitrogens with zero attached hydrogens (tertiary/aromatic N) is 1. The molecule has 1 aromatic rings. The molecule has 0 N–H and O–H groups in total. The van der Waals surface area contributed by atoms with Crippen molar-refractivity contribution in [3.05, 3.63) is 39.4 Å². The van der Waals surface area contributed by atoms with Gasteiger partial charge in [0, 0.05) is 12.1 Å². The van der Waals surface area contributed by atoms with Crippen LogP contribution in [0.4, 0.5) is 5.69 Å². The maximum Gasteiger partial charge on any atom is 0.306 e. The summed E-state index contributed by atoms with van der Waals surface area (Å²) < 4.78 is 4.60. The first kappa shape index (κ1) is 13.2. The molecular formula is C12H15NO4. The van der Waals surface area contributed by atoms with Gasteiger partial charge >= 0.3 is 5.97 Å². The van der Waals surface area contributed by atoms with E-state index in [0.29, 0.717) is 0 Å². The van der Waals surface area contributed by atoms with Gasteiger partial charge in [0.2, 0.25) is 0 Å². The van der Waals surface area contributed by atoms with Gasteiger partial charge in [0.15, 0.2) is 0 Å². The third kappa shape index (κ3) is 3.27. The number of rotatable bonds is 4. The number of non-ortho nitro benzene ring substituents is 1. The largest absolute Gasteiger partial charge is 0.469 e. The van der Waals surface area contributed by atoms with Crippen LogP contribution in [0.5, 0.6) is 0 Å². The summed E-state index contributed by atoms with van der Waals surface area (Å²) in [7, 11) is 1.34. The normalized spacial score (nSPS) is 11.9. The zero-order valence-corrected chi connectivity index (χ0v) is 10.1. The Morgan fingerprint density at radius 1 is 1.53 bits per heavy atom. The Kier molecular flexibility index (Phi) is 4.20. The van der Waals surface area contributed by atoms with Gasteiger partial charge in [-0.25, -0.2) is 0 Å². The highest BCUT2D eigenvalue weighted by molar-refractivity contribution is 5.70. The lowest BCUT2D eigenvalue weighted by Gasteiger charge is -2.13. The van der Waals surface area contributed by atoms with Crippen molar-refractivity contribution in [2.75, 3.05) is 7.11 Å². The number of hydrogen-bond donors (Lipinski definition) is 0. The minimum absolute atomic E-state index is 0.0109. The van der Waals surface area contributed by atoms with Gasteiger partial charge in [-0.3, -0.25) is 14.9 Å². The van der Waals surface area contributed by atoms with Crippen LogP contribution in [-0.2, 0) is 9.53 Å². The number of aryl methyl sites for hydroxylation is 1. The van der Waals surface area contributed by atoms with Crippen LogP contribution in [0.25, 0.3) is 0 Å². The van der Waals surface area contributed by atoms with E-state index >= 15 is 0 Å². The molecule has 0 bridgehead atoms. The number of ether oxygens (including phenoxy) is 1. The highest BCUT2D eigenvalue weighted by Crippen LogP contribution is 2.26. The van der Waals surface area contributed by atoms with Gasteiger partial charge < -0.3 is 4.74 Å². The number of benzene rings is 1. The third-order valence-corrected chi connectivity index (χ3v) is 2.70. The lowest BCUT2D eigenvalue weighted by molar-refractivity contribution is -0.384. The smallest absolute Gasteiger partial charge is 0.306 e. The second-order valence-corrected chi connectivity index (χ2v) is 3.98. The number of carbonyl (C=O) groups excluding carboxylic acids is 1. The summed E-state index contributed by atoms with van der Waals surface area (Å²) in [5.41, 5.74) is 1.81. The second-order valence-electron chi connectivity index (χ2n) is 3.98. The minimum atomic E-state index is -0.429. The predicted octanol–water partition coefficient (Wildman–Crippen LogP) is 2.57. The minimum Gasteiger partial charge on any atom is -0.469 e. The molecule has 0 aromatic heterocycles. The lowest BCUT2D eigenvalue weighted by atomic mass is 9.93. The van der Waals surface area contributed by atoms with Crippen LogP contribution in [-0.4, -0.2) is 18.0 Å². The Labute approximate surface area is 99.5 Å². The van der Waals surface area contributed by atoms with Crippen molar-refractivity contribution in [3.8, 4) is 0 Å². The summed E-state index contributed by atoms with van der Waals surface area (Å²) in [6.45, 7) is 3.70. The third-order valence-electron chi connectivity index (χ3n) is 2.70. The average Bonchev–Trinajstić information content (AvgIpc) is 2.28. The molecule has 0 radical (unpaired) electrons. The molecule has 0 amide bonds. The molecule has 0 aliphatic heterocycles. The van der Waals surface area contributed by atoms with Crippen LogP contribution in [0.1, 0.15) is 30.4 Å². The topological polar surface area (TPSA) is 69.4 Å². The molecule has 1 atom stereocenters. The summed E-state index contributed by atoms with van der Waals surface area (Å²) in [5.74, 6) is -0.293. The summed E-state index contributed by atoms with van der Waals surface area (Å²) in [4.78, 5) is 21.3. The number of methoxy groups -OCH3 is 1. The van der Waals surface area contributed by atoms with E-state index in [4.69, 9.17) is 0 Å². The molecule has 17 heavy (non-hydrogen) atoms. The first-order chi connectivity index (χ1) is 7.95. The highest BCUT2D eigenvalue weighted by atomic mass is 16.6. The molecule has 0 saturated heterocycles. The van der Waals surface area contributed by atoms with Crippen molar-refractivity contribution < 1.29 is 14.5 Å². The van der Waals surface area contributed by atoms with E-state index in [1.54, 1.807) is 13.0 Å². The van der Waals surface area contributed by atoms with Crippen LogP contribution in [0, 0.1) is 17.0 Å². The molecule has 0 aliphatic carbocycles. The van der Waals surface area contributed by atoms with Gasteiger partial charge in [-0.05, 0) is 24.0 Å². The SMILES string of the molecule is COC(=O)CC(C)c1ccc([N+](=O)[O-])cc1C. The summed E-state index contributed by atoms with van der Waals surface area (Å²) in [6.07, 6.45) is 0.273. The van der Waals surface area contributed by atoms with E-state index in [1.165, 1.54) is 19.2 Å². The molecule has 1 unspecified atom stereocenters. The Balaban J connectivity index is 2.92. The van der Waals surface area contributed by atoms with Crippen LogP contribution in [0.3, 0.4) is 0 Å². The first-order valence-corrected chi connectivity index (χ1v) is 5.27. The van der Waals surface area contributed by atoms with Crippen molar-refractivity contribution in [1.82, 2.24) is 0 Å². The fraction of sp³-hybridized carbons (Fsp3) is 0.417. The number of carbonyl (C=O) groups is 1. The fourth-order valence-electron chi connectivity index (χ4n) is 1.77. The molecule has 0 spiro atoms. The summed E-state index contributed by atoms with van der Waals surface area (Å²) in [5, 5.41) is 10.6. The monoisotopic (exact) mass is 237 g/mol. The van der Waals surface area contributed by atoms with Gasteiger partial charge in [-0.15, -0.1) is 0 Å². The Bertz CT molecular complexity index is 442. The molecule has 0 fully saturated rings. The molecular weight excluding hydrogens is 222 g/mol. The average molecular weight is 237 g/mol. The van der Waals surface area contributed by atoms with Crippen LogP contribution in [0.15, 0.2) is 18.2 Å². The van der Waals surface area contributed by atoms with E-state index < -0.39 is 4.92 Å². The molecule has 5 nitrogen and oxygen atoms in total.